The Morgan fingerprint density at radius 1 is 1.21 bits per heavy atom. The predicted octanol–water partition coefficient (Wildman–Crippen LogP) is 1.62. The smallest absolute Gasteiger partial charge is 0.236 e. The minimum Gasteiger partial charge on any atom is -0.342 e. The molecule has 2 aliphatic rings. The van der Waals surface area contributed by atoms with E-state index in [0.29, 0.717) is 25.2 Å². The molecule has 112 valence electrons. The number of rotatable bonds is 4. The van der Waals surface area contributed by atoms with Gasteiger partial charge in [0.1, 0.15) is 0 Å². The van der Waals surface area contributed by atoms with E-state index in [4.69, 9.17) is 5.73 Å². The van der Waals surface area contributed by atoms with E-state index in [1.807, 2.05) is 11.9 Å². The van der Waals surface area contributed by atoms with Crippen LogP contribution >= 0.6 is 12.4 Å². The largest absolute Gasteiger partial charge is 0.342 e. The second-order valence-corrected chi connectivity index (χ2v) is 5.80. The fourth-order valence-electron chi connectivity index (χ4n) is 3.33. The van der Waals surface area contributed by atoms with E-state index in [1.165, 1.54) is 38.5 Å². The van der Waals surface area contributed by atoms with E-state index in [1.54, 1.807) is 0 Å². The number of carbonyl (C=O) groups is 1. The lowest BCUT2D eigenvalue weighted by molar-refractivity contribution is -0.134. The van der Waals surface area contributed by atoms with E-state index < -0.39 is 0 Å². The van der Waals surface area contributed by atoms with Gasteiger partial charge in [-0.2, -0.15) is 0 Å². The normalized spacial score (nSPS) is 25.1. The van der Waals surface area contributed by atoms with Gasteiger partial charge in [0, 0.05) is 25.7 Å². The number of carbonyl (C=O) groups excluding carboxylic acids is 1. The Kier molecular flexibility index (Phi) is 7.11. The highest BCUT2D eigenvalue weighted by Gasteiger charge is 2.28. The number of halogens is 1. The molecule has 4 nitrogen and oxygen atoms in total. The van der Waals surface area contributed by atoms with Gasteiger partial charge in [0.2, 0.25) is 5.91 Å². The predicted molar refractivity (Wildman–Crippen MR) is 80.5 cm³/mol. The van der Waals surface area contributed by atoms with Gasteiger partial charge in [-0.3, -0.25) is 9.69 Å². The summed E-state index contributed by atoms with van der Waals surface area (Å²) in [5, 5.41) is 0. The van der Waals surface area contributed by atoms with E-state index in [-0.39, 0.29) is 18.3 Å². The van der Waals surface area contributed by atoms with Crippen LogP contribution < -0.4 is 5.73 Å². The maximum absolute atomic E-state index is 12.3. The lowest BCUT2D eigenvalue weighted by Gasteiger charge is -2.33. The van der Waals surface area contributed by atoms with E-state index in [0.717, 1.165) is 13.0 Å². The second-order valence-electron chi connectivity index (χ2n) is 5.80. The number of likely N-dealkylation sites (N-methyl/N-ethyl adjacent to an activating group) is 1. The molecule has 1 saturated carbocycles. The molecule has 19 heavy (non-hydrogen) atoms. The average Bonchev–Trinajstić information content (AvgIpc) is 2.86. The van der Waals surface area contributed by atoms with Crippen LogP contribution in [0.25, 0.3) is 0 Å². The molecule has 2 fully saturated rings. The number of nitrogens with zero attached hydrogens (tertiary/aromatic N) is 2. The molecular formula is C14H28ClN3O. The molecule has 2 rings (SSSR count). The summed E-state index contributed by atoms with van der Waals surface area (Å²) in [5.41, 5.74) is 5.75. The number of hydrogen-bond donors (Lipinski definition) is 1. The maximum Gasteiger partial charge on any atom is 0.236 e. The summed E-state index contributed by atoms with van der Waals surface area (Å²) < 4.78 is 0. The van der Waals surface area contributed by atoms with Crippen LogP contribution in [-0.4, -0.2) is 54.5 Å². The van der Waals surface area contributed by atoms with Crippen LogP contribution in [0.5, 0.6) is 0 Å². The summed E-state index contributed by atoms with van der Waals surface area (Å²) in [5.74, 6) is 0.280. The SMILES string of the molecule is CN(C(=O)CN1CCCC1CN)C1CCCCC1.Cl. The molecule has 0 aromatic carbocycles. The van der Waals surface area contributed by atoms with E-state index in [9.17, 15) is 4.79 Å². The van der Waals surface area contributed by atoms with Crippen LogP contribution in [0.3, 0.4) is 0 Å². The fraction of sp³-hybridized carbons (Fsp3) is 0.929. The molecule has 1 amide bonds. The van der Waals surface area contributed by atoms with Gasteiger partial charge in [-0.1, -0.05) is 19.3 Å². The third-order valence-electron chi connectivity index (χ3n) is 4.63. The standard InChI is InChI=1S/C14H27N3O.ClH/c1-16(12-6-3-2-4-7-12)14(18)11-17-9-5-8-13(17)10-15;/h12-13H,2-11,15H2,1H3;1H. The van der Waals surface area contributed by atoms with Crippen LogP contribution in [0.15, 0.2) is 0 Å². The lowest BCUT2D eigenvalue weighted by atomic mass is 9.94. The third kappa shape index (κ3) is 4.33. The molecule has 1 heterocycles. The van der Waals surface area contributed by atoms with Gasteiger partial charge < -0.3 is 10.6 Å². The molecular weight excluding hydrogens is 262 g/mol. The molecule has 0 aromatic heterocycles. The molecule has 1 saturated heterocycles. The first-order valence-electron chi connectivity index (χ1n) is 7.42. The molecule has 2 N–H and O–H groups in total. The van der Waals surface area contributed by atoms with Gasteiger partial charge in [-0.25, -0.2) is 0 Å². The van der Waals surface area contributed by atoms with Gasteiger partial charge >= 0.3 is 0 Å². The van der Waals surface area contributed by atoms with Gasteiger partial charge in [0.15, 0.2) is 0 Å². The number of nitrogens with two attached hydrogens (primary N) is 1. The topological polar surface area (TPSA) is 49.6 Å². The van der Waals surface area contributed by atoms with Gasteiger partial charge in [-0.05, 0) is 32.2 Å². The van der Waals surface area contributed by atoms with Crippen molar-refractivity contribution in [1.82, 2.24) is 9.80 Å². The van der Waals surface area contributed by atoms with Crippen molar-refractivity contribution in [3.05, 3.63) is 0 Å². The minimum absolute atomic E-state index is 0. The first kappa shape index (κ1) is 16.7. The Balaban J connectivity index is 0.00000180. The summed E-state index contributed by atoms with van der Waals surface area (Å²) in [4.78, 5) is 16.6. The van der Waals surface area contributed by atoms with Crippen LogP contribution in [0, 0.1) is 0 Å². The van der Waals surface area contributed by atoms with Gasteiger partial charge in [-0.15, -0.1) is 12.4 Å². The highest BCUT2D eigenvalue weighted by Crippen LogP contribution is 2.22. The van der Waals surface area contributed by atoms with Crippen LogP contribution in [0.1, 0.15) is 44.9 Å². The third-order valence-corrected chi connectivity index (χ3v) is 4.63. The maximum atomic E-state index is 12.3. The van der Waals surface area contributed by atoms with Crippen molar-refractivity contribution in [3.63, 3.8) is 0 Å². The lowest BCUT2D eigenvalue weighted by Crippen LogP contribution is -2.46. The van der Waals surface area contributed by atoms with Crippen LogP contribution in [0.2, 0.25) is 0 Å². The van der Waals surface area contributed by atoms with Gasteiger partial charge in [0.05, 0.1) is 6.54 Å². The molecule has 0 bridgehead atoms. The molecule has 5 heteroatoms. The molecule has 1 unspecified atom stereocenters. The molecule has 0 radical (unpaired) electrons. The molecule has 1 aliphatic carbocycles. The molecule has 0 spiro atoms. The van der Waals surface area contributed by atoms with Crippen molar-refractivity contribution in [2.75, 3.05) is 26.7 Å². The zero-order valence-corrected chi connectivity index (χ0v) is 12.8. The number of hydrogen-bond acceptors (Lipinski definition) is 3. The Morgan fingerprint density at radius 2 is 1.89 bits per heavy atom. The van der Waals surface area contributed by atoms with E-state index >= 15 is 0 Å². The fourth-order valence-corrected chi connectivity index (χ4v) is 3.33. The van der Waals surface area contributed by atoms with Crippen molar-refractivity contribution in [1.29, 1.82) is 0 Å². The Bertz CT molecular complexity index is 282. The molecule has 1 atom stereocenters. The highest BCUT2D eigenvalue weighted by atomic mass is 35.5. The summed E-state index contributed by atoms with van der Waals surface area (Å²) in [6.07, 6.45) is 8.58. The second kappa shape index (κ2) is 8.08. The van der Waals surface area contributed by atoms with E-state index in [2.05, 4.69) is 4.90 Å². The number of amides is 1. The zero-order valence-electron chi connectivity index (χ0n) is 12.0. The average molecular weight is 290 g/mol. The quantitative estimate of drug-likeness (QED) is 0.856. The highest BCUT2D eigenvalue weighted by molar-refractivity contribution is 5.85. The Labute approximate surface area is 123 Å². The van der Waals surface area contributed by atoms with Crippen molar-refractivity contribution < 1.29 is 4.79 Å². The summed E-state index contributed by atoms with van der Waals surface area (Å²) in [6, 6.07) is 0.902. The van der Waals surface area contributed by atoms with Crippen molar-refractivity contribution in [2.24, 2.45) is 5.73 Å². The minimum atomic E-state index is 0. The first-order chi connectivity index (χ1) is 8.72. The Morgan fingerprint density at radius 3 is 2.53 bits per heavy atom. The van der Waals surface area contributed by atoms with Crippen molar-refractivity contribution in [2.45, 2.75) is 57.0 Å². The Hall–Kier alpha value is -0.320. The molecule has 0 aromatic rings. The first-order valence-corrected chi connectivity index (χ1v) is 7.42. The van der Waals surface area contributed by atoms with Crippen LogP contribution in [0.4, 0.5) is 0 Å². The molecule has 1 aliphatic heterocycles. The summed E-state index contributed by atoms with van der Waals surface area (Å²) in [6.45, 7) is 2.28. The number of likely N-dealkylation sites (tertiary alicyclic amines) is 1. The van der Waals surface area contributed by atoms with Crippen LogP contribution in [-0.2, 0) is 4.79 Å². The zero-order chi connectivity index (χ0) is 13.0. The summed E-state index contributed by atoms with van der Waals surface area (Å²) >= 11 is 0. The summed E-state index contributed by atoms with van der Waals surface area (Å²) in [7, 11) is 1.98. The van der Waals surface area contributed by atoms with Gasteiger partial charge in [0.25, 0.3) is 0 Å². The van der Waals surface area contributed by atoms with Crippen molar-refractivity contribution >= 4 is 18.3 Å². The van der Waals surface area contributed by atoms with Crippen molar-refractivity contribution in [3.8, 4) is 0 Å². The monoisotopic (exact) mass is 289 g/mol.